The summed E-state index contributed by atoms with van der Waals surface area (Å²) in [5, 5.41) is 23.1. The molecule has 1 fully saturated rings. The molecule has 17 heavy (non-hydrogen) atoms. The van der Waals surface area contributed by atoms with Crippen LogP contribution in [0.5, 0.6) is 0 Å². The number of anilines is 1. The van der Waals surface area contributed by atoms with E-state index in [9.17, 15) is 5.11 Å². The van der Waals surface area contributed by atoms with Crippen molar-refractivity contribution < 1.29 is 5.11 Å². The molecule has 2 N–H and O–H groups in total. The van der Waals surface area contributed by atoms with Gasteiger partial charge < -0.3 is 10.4 Å². The fourth-order valence-corrected chi connectivity index (χ4v) is 2.82. The van der Waals surface area contributed by atoms with E-state index < -0.39 is 5.60 Å². The van der Waals surface area contributed by atoms with Crippen LogP contribution in [0.15, 0.2) is 0 Å². The highest BCUT2D eigenvalue weighted by molar-refractivity contribution is 7.15. The minimum absolute atomic E-state index is 0.494. The quantitative estimate of drug-likeness (QED) is 0.854. The van der Waals surface area contributed by atoms with E-state index in [0.717, 1.165) is 49.0 Å². The first kappa shape index (κ1) is 12.7. The average Bonchev–Trinajstić information content (AvgIpc) is 2.66. The minimum atomic E-state index is -0.494. The van der Waals surface area contributed by atoms with Gasteiger partial charge >= 0.3 is 0 Å². The Bertz CT molecular complexity index is 366. The summed E-state index contributed by atoms with van der Waals surface area (Å²) < 4.78 is 0. The summed E-state index contributed by atoms with van der Waals surface area (Å²) in [5.74, 6) is 0. The third-order valence-corrected chi connectivity index (χ3v) is 4.12. The van der Waals surface area contributed by atoms with Gasteiger partial charge in [0.25, 0.3) is 0 Å². The fraction of sp³-hybridized carbons (Fsp3) is 0.818. The Morgan fingerprint density at radius 1 is 1.41 bits per heavy atom. The molecule has 0 saturated carbocycles. The standard InChI is InChI=1S/C11H20N4OS/c1-11(16)4-3-6-15(7-5-11)8-9-13-14-10(12-2)17-9/h16H,3-8H2,1-2H3,(H,12,14). The van der Waals surface area contributed by atoms with Gasteiger partial charge in [0.05, 0.1) is 12.1 Å². The van der Waals surface area contributed by atoms with Gasteiger partial charge in [-0.15, -0.1) is 10.2 Å². The van der Waals surface area contributed by atoms with Crippen molar-refractivity contribution in [3.05, 3.63) is 5.01 Å². The predicted octanol–water partition coefficient (Wildman–Crippen LogP) is 1.32. The summed E-state index contributed by atoms with van der Waals surface area (Å²) in [5.41, 5.74) is -0.494. The molecule has 0 radical (unpaired) electrons. The lowest BCUT2D eigenvalue weighted by atomic mass is 9.98. The summed E-state index contributed by atoms with van der Waals surface area (Å²) in [6.07, 6.45) is 2.77. The normalized spacial score (nSPS) is 26.8. The van der Waals surface area contributed by atoms with Crippen molar-refractivity contribution in [1.82, 2.24) is 15.1 Å². The van der Waals surface area contributed by atoms with Crippen molar-refractivity contribution >= 4 is 16.5 Å². The predicted molar refractivity (Wildman–Crippen MR) is 69.2 cm³/mol. The number of nitrogens with zero attached hydrogens (tertiary/aromatic N) is 3. The lowest BCUT2D eigenvalue weighted by molar-refractivity contribution is 0.0444. The average molecular weight is 256 g/mol. The molecule has 0 amide bonds. The van der Waals surface area contributed by atoms with E-state index >= 15 is 0 Å². The van der Waals surface area contributed by atoms with Crippen LogP contribution in [0.1, 0.15) is 31.2 Å². The van der Waals surface area contributed by atoms with Crippen molar-refractivity contribution in [1.29, 1.82) is 0 Å². The third kappa shape index (κ3) is 3.62. The Balaban J connectivity index is 1.90. The summed E-state index contributed by atoms with van der Waals surface area (Å²) in [6.45, 7) is 4.74. The molecule has 5 nitrogen and oxygen atoms in total. The molecule has 0 aromatic carbocycles. The highest BCUT2D eigenvalue weighted by atomic mass is 32.1. The Morgan fingerprint density at radius 3 is 2.94 bits per heavy atom. The van der Waals surface area contributed by atoms with Gasteiger partial charge in [0, 0.05) is 13.6 Å². The van der Waals surface area contributed by atoms with Gasteiger partial charge in [-0.05, 0) is 32.7 Å². The smallest absolute Gasteiger partial charge is 0.205 e. The molecule has 0 spiro atoms. The molecule has 1 atom stereocenters. The molecule has 0 bridgehead atoms. The maximum atomic E-state index is 10.0. The minimum Gasteiger partial charge on any atom is -0.390 e. The van der Waals surface area contributed by atoms with Crippen molar-refractivity contribution in [3.63, 3.8) is 0 Å². The van der Waals surface area contributed by atoms with Crippen LogP contribution in [0.3, 0.4) is 0 Å². The number of hydrogen-bond acceptors (Lipinski definition) is 6. The van der Waals surface area contributed by atoms with Gasteiger partial charge in [-0.25, -0.2) is 0 Å². The molecule has 1 aliphatic rings. The van der Waals surface area contributed by atoms with E-state index in [4.69, 9.17) is 0 Å². The first-order chi connectivity index (χ1) is 8.09. The van der Waals surface area contributed by atoms with Crippen molar-refractivity contribution in [3.8, 4) is 0 Å². The first-order valence-corrected chi connectivity index (χ1v) is 6.85. The maximum Gasteiger partial charge on any atom is 0.205 e. The van der Waals surface area contributed by atoms with Crippen LogP contribution in [0.4, 0.5) is 5.13 Å². The number of likely N-dealkylation sites (tertiary alicyclic amines) is 1. The highest BCUT2D eigenvalue weighted by Gasteiger charge is 2.25. The van der Waals surface area contributed by atoms with Gasteiger partial charge in [0.15, 0.2) is 0 Å². The molecule has 1 aromatic heterocycles. The van der Waals surface area contributed by atoms with Gasteiger partial charge in [-0.1, -0.05) is 11.3 Å². The largest absolute Gasteiger partial charge is 0.390 e. The number of rotatable bonds is 3. The fourth-order valence-electron chi connectivity index (χ4n) is 2.09. The topological polar surface area (TPSA) is 61.3 Å². The Hall–Kier alpha value is -0.720. The molecule has 6 heteroatoms. The number of aliphatic hydroxyl groups is 1. The maximum absolute atomic E-state index is 10.0. The zero-order chi connectivity index (χ0) is 12.3. The Kier molecular flexibility index (Phi) is 3.96. The van der Waals surface area contributed by atoms with Crippen LogP contribution in [-0.4, -0.2) is 45.9 Å². The molecule has 1 aromatic rings. The first-order valence-electron chi connectivity index (χ1n) is 6.04. The SMILES string of the molecule is CNc1nnc(CN2CCCC(C)(O)CC2)s1. The molecular weight excluding hydrogens is 236 g/mol. The molecule has 2 heterocycles. The summed E-state index contributed by atoms with van der Waals surface area (Å²) in [4.78, 5) is 2.35. The van der Waals surface area contributed by atoms with Gasteiger partial charge in [-0.2, -0.15) is 0 Å². The molecular formula is C11H20N4OS. The zero-order valence-electron chi connectivity index (χ0n) is 10.4. The van der Waals surface area contributed by atoms with Gasteiger partial charge in [-0.3, -0.25) is 4.90 Å². The van der Waals surface area contributed by atoms with E-state index in [0.29, 0.717) is 0 Å². The molecule has 1 aliphatic heterocycles. The monoisotopic (exact) mass is 256 g/mol. The second-order valence-electron chi connectivity index (χ2n) is 4.88. The number of hydrogen-bond donors (Lipinski definition) is 2. The third-order valence-electron chi connectivity index (χ3n) is 3.20. The summed E-state index contributed by atoms with van der Waals surface area (Å²) in [7, 11) is 1.85. The lowest BCUT2D eigenvalue weighted by Gasteiger charge is -2.21. The van der Waals surface area contributed by atoms with Crippen LogP contribution < -0.4 is 5.32 Å². The highest BCUT2D eigenvalue weighted by Crippen LogP contribution is 2.23. The zero-order valence-corrected chi connectivity index (χ0v) is 11.3. The van der Waals surface area contributed by atoms with E-state index in [1.165, 1.54) is 0 Å². The lowest BCUT2D eigenvalue weighted by Crippen LogP contribution is -2.28. The van der Waals surface area contributed by atoms with Crippen molar-refractivity contribution in [2.24, 2.45) is 0 Å². The number of nitrogens with one attached hydrogen (secondary N) is 1. The van der Waals surface area contributed by atoms with Gasteiger partial charge in [0.1, 0.15) is 5.01 Å². The van der Waals surface area contributed by atoms with E-state index in [1.54, 1.807) is 11.3 Å². The second-order valence-corrected chi connectivity index (χ2v) is 5.94. The Morgan fingerprint density at radius 2 is 2.24 bits per heavy atom. The van der Waals surface area contributed by atoms with E-state index in [1.807, 2.05) is 14.0 Å². The van der Waals surface area contributed by atoms with Crippen LogP contribution in [0.25, 0.3) is 0 Å². The molecule has 96 valence electrons. The van der Waals surface area contributed by atoms with Crippen molar-refractivity contribution in [2.75, 3.05) is 25.5 Å². The number of aromatic nitrogens is 2. The van der Waals surface area contributed by atoms with Crippen molar-refractivity contribution in [2.45, 2.75) is 38.3 Å². The Labute approximate surface area is 106 Å². The second kappa shape index (κ2) is 5.29. The van der Waals surface area contributed by atoms with Crippen LogP contribution in [0, 0.1) is 0 Å². The summed E-state index contributed by atoms with van der Waals surface area (Å²) in [6, 6.07) is 0. The molecule has 0 aliphatic carbocycles. The van der Waals surface area contributed by atoms with Gasteiger partial charge in [0.2, 0.25) is 5.13 Å². The molecule has 1 unspecified atom stereocenters. The van der Waals surface area contributed by atoms with E-state index in [2.05, 4.69) is 20.4 Å². The van der Waals surface area contributed by atoms with Crippen LogP contribution in [0.2, 0.25) is 0 Å². The van der Waals surface area contributed by atoms with Crippen LogP contribution >= 0.6 is 11.3 Å². The van der Waals surface area contributed by atoms with Crippen LogP contribution in [-0.2, 0) is 6.54 Å². The van der Waals surface area contributed by atoms with E-state index in [-0.39, 0.29) is 0 Å². The molecule has 2 rings (SSSR count). The molecule has 1 saturated heterocycles. The summed E-state index contributed by atoms with van der Waals surface area (Å²) >= 11 is 1.60.